The van der Waals surface area contributed by atoms with Gasteiger partial charge in [0.15, 0.2) is 5.82 Å². The predicted molar refractivity (Wildman–Crippen MR) is 93.7 cm³/mol. The minimum atomic E-state index is -3.27. The van der Waals surface area contributed by atoms with Crippen molar-refractivity contribution in [2.45, 2.75) is 57.4 Å². The molecule has 1 aromatic rings. The lowest BCUT2D eigenvalue weighted by molar-refractivity contribution is -0.137. The van der Waals surface area contributed by atoms with Crippen LogP contribution in [0.4, 0.5) is 0 Å². The Morgan fingerprint density at radius 1 is 1.42 bits per heavy atom. The van der Waals surface area contributed by atoms with Crippen molar-refractivity contribution in [3.63, 3.8) is 0 Å². The van der Waals surface area contributed by atoms with Crippen LogP contribution in [-0.4, -0.2) is 54.2 Å². The van der Waals surface area contributed by atoms with E-state index in [1.165, 1.54) is 0 Å². The number of likely N-dealkylation sites (tertiary alicyclic amines) is 1. The molecule has 8 nitrogen and oxygen atoms in total. The number of hydrogen-bond donors (Lipinski definition) is 1. The Kier molecular flexibility index (Phi) is 4.34. The summed E-state index contributed by atoms with van der Waals surface area (Å²) >= 11 is 0. The molecule has 1 unspecified atom stereocenters. The summed E-state index contributed by atoms with van der Waals surface area (Å²) in [5.74, 6) is 1.69. The summed E-state index contributed by atoms with van der Waals surface area (Å²) in [6.07, 6.45) is 4.36. The number of carbonyl (C=O) groups excluding carboxylic acids is 1. The number of rotatable bonds is 5. The van der Waals surface area contributed by atoms with Crippen LogP contribution in [0.1, 0.15) is 50.7 Å². The summed E-state index contributed by atoms with van der Waals surface area (Å²) in [6, 6.07) is -0.155. The smallest absolute Gasteiger partial charge is 0.235 e. The fourth-order valence-electron chi connectivity index (χ4n) is 4.71. The van der Waals surface area contributed by atoms with Crippen molar-refractivity contribution in [3.05, 3.63) is 11.7 Å². The van der Waals surface area contributed by atoms with Gasteiger partial charge in [0.2, 0.25) is 21.8 Å². The van der Waals surface area contributed by atoms with E-state index in [4.69, 9.17) is 4.52 Å². The highest BCUT2D eigenvalue weighted by molar-refractivity contribution is 7.89. The lowest BCUT2D eigenvalue weighted by atomic mass is 9.80. The predicted octanol–water partition coefficient (Wildman–Crippen LogP) is 0.976. The largest absolute Gasteiger partial charge is 0.341 e. The molecule has 0 spiro atoms. The van der Waals surface area contributed by atoms with Crippen LogP contribution in [-0.2, 0) is 20.2 Å². The second-order valence-corrected chi connectivity index (χ2v) is 10.0. The number of hydrogen-bond acceptors (Lipinski definition) is 6. The Bertz CT molecular complexity index is 803. The Morgan fingerprint density at radius 3 is 2.77 bits per heavy atom. The van der Waals surface area contributed by atoms with Crippen molar-refractivity contribution in [2.75, 3.05) is 18.8 Å². The average Bonchev–Trinajstić information content (AvgIpc) is 3.17. The first-order valence-corrected chi connectivity index (χ1v) is 11.1. The number of amides is 1. The molecule has 0 aromatic carbocycles. The van der Waals surface area contributed by atoms with Gasteiger partial charge in [-0.1, -0.05) is 11.6 Å². The Labute approximate surface area is 153 Å². The first-order valence-electron chi connectivity index (χ1n) is 9.42. The average molecular weight is 382 g/mol. The van der Waals surface area contributed by atoms with Gasteiger partial charge in [-0.2, -0.15) is 4.98 Å². The zero-order valence-electron chi connectivity index (χ0n) is 15.3. The quantitative estimate of drug-likeness (QED) is 0.814. The van der Waals surface area contributed by atoms with E-state index in [0.29, 0.717) is 37.6 Å². The van der Waals surface area contributed by atoms with E-state index in [9.17, 15) is 13.2 Å². The van der Waals surface area contributed by atoms with Gasteiger partial charge in [-0.15, -0.1) is 0 Å². The van der Waals surface area contributed by atoms with Gasteiger partial charge in [0.25, 0.3) is 0 Å². The van der Waals surface area contributed by atoms with Crippen molar-refractivity contribution >= 4 is 15.9 Å². The second kappa shape index (κ2) is 6.30. The molecule has 1 saturated heterocycles. The van der Waals surface area contributed by atoms with Crippen LogP contribution in [0.15, 0.2) is 4.52 Å². The molecule has 1 N–H and O–H groups in total. The third-order valence-corrected chi connectivity index (χ3v) is 7.77. The Morgan fingerprint density at radius 2 is 2.19 bits per heavy atom. The van der Waals surface area contributed by atoms with Gasteiger partial charge in [0.1, 0.15) is 0 Å². The standard InChI is InChI=1S/C17H26N4O4S/c1-3-26(23,24)20-14-7-13-9-21(15(22)12-5-4-6-12)10-17(13,8-14)16-18-11(2)19-25-16/h12-14,20H,3-10H2,1-2H3/t13?,14-,17+/m1/s1. The van der Waals surface area contributed by atoms with E-state index in [1.54, 1.807) is 13.8 Å². The zero-order chi connectivity index (χ0) is 18.5. The summed E-state index contributed by atoms with van der Waals surface area (Å²) in [6.45, 7) is 4.59. The fraction of sp³-hybridized carbons (Fsp3) is 0.824. The molecule has 9 heteroatoms. The van der Waals surface area contributed by atoms with E-state index >= 15 is 0 Å². The molecule has 1 amide bonds. The Balaban J connectivity index is 1.59. The number of nitrogens with zero attached hydrogens (tertiary/aromatic N) is 3. The van der Waals surface area contributed by atoms with Crippen LogP contribution in [0.5, 0.6) is 0 Å². The van der Waals surface area contributed by atoms with Crippen molar-refractivity contribution in [1.82, 2.24) is 19.8 Å². The molecular weight excluding hydrogens is 356 g/mol. The van der Waals surface area contributed by atoms with Gasteiger partial charge in [-0.3, -0.25) is 4.79 Å². The van der Waals surface area contributed by atoms with Crippen LogP contribution >= 0.6 is 0 Å². The highest BCUT2D eigenvalue weighted by atomic mass is 32.2. The first-order chi connectivity index (χ1) is 12.3. The molecule has 0 bridgehead atoms. The van der Waals surface area contributed by atoms with E-state index in [1.807, 2.05) is 4.90 Å². The molecule has 2 saturated carbocycles. The third kappa shape index (κ3) is 2.94. The maximum absolute atomic E-state index is 12.7. The van der Waals surface area contributed by atoms with E-state index < -0.39 is 15.4 Å². The molecule has 4 rings (SSSR count). The molecule has 2 aliphatic carbocycles. The normalized spacial score (nSPS) is 31.8. The molecule has 3 aliphatic rings. The van der Waals surface area contributed by atoms with Crippen LogP contribution in [0, 0.1) is 18.8 Å². The van der Waals surface area contributed by atoms with Gasteiger partial charge in [0.05, 0.1) is 11.2 Å². The number of fused-ring (bicyclic) bond motifs is 1. The molecular formula is C17H26N4O4S. The summed E-state index contributed by atoms with van der Waals surface area (Å²) in [5.41, 5.74) is -0.443. The van der Waals surface area contributed by atoms with E-state index in [2.05, 4.69) is 14.9 Å². The summed E-state index contributed by atoms with van der Waals surface area (Å²) in [4.78, 5) is 19.1. The van der Waals surface area contributed by atoms with Crippen LogP contribution in [0.2, 0.25) is 0 Å². The molecule has 26 heavy (non-hydrogen) atoms. The van der Waals surface area contributed by atoms with Gasteiger partial charge in [-0.25, -0.2) is 13.1 Å². The monoisotopic (exact) mass is 382 g/mol. The maximum Gasteiger partial charge on any atom is 0.235 e. The molecule has 0 radical (unpaired) electrons. The maximum atomic E-state index is 12.7. The Hall–Kier alpha value is -1.48. The topological polar surface area (TPSA) is 105 Å². The van der Waals surface area contributed by atoms with Crippen molar-refractivity contribution in [1.29, 1.82) is 0 Å². The number of sulfonamides is 1. The third-order valence-electron chi connectivity index (χ3n) is 6.32. The van der Waals surface area contributed by atoms with E-state index in [0.717, 1.165) is 19.3 Å². The SMILES string of the molecule is CCS(=O)(=O)N[C@@H]1CC2CN(C(=O)C3CCC3)C[C@@]2(c2nc(C)no2)C1. The second-order valence-electron chi connectivity index (χ2n) is 8.00. The minimum absolute atomic E-state index is 0.0626. The van der Waals surface area contributed by atoms with E-state index in [-0.39, 0.29) is 29.5 Å². The van der Waals surface area contributed by atoms with Crippen molar-refractivity contribution < 1.29 is 17.7 Å². The molecule has 3 atom stereocenters. The van der Waals surface area contributed by atoms with Gasteiger partial charge < -0.3 is 9.42 Å². The van der Waals surface area contributed by atoms with Crippen molar-refractivity contribution in [2.24, 2.45) is 11.8 Å². The van der Waals surface area contributed by atoms with Gasteiger partial charge in [0, 0.05) is 25.0 Å². The number of aromatic nitrogens is 2. The van der Waals surface area contributed by atoms with Crippen LogP contribution < -0.4 is 4.72 Å². The van der Waals surface area contributed by atoms with Gasteiger partial charge in [-0.05, 0) is 45.4 Å². The summed E-state index contributed by atoms with van der Waals surface area (Å²) in [5, 5.41) is 3.94. The molecule has 3 fully saturated rings. The molecule has 144 valence electrons. The number of aryl methyl sites for hydroxylation is 1. The minimum Gasteiger partial charge on any atom is -0.341 e. The highest BCUT2D eigenvalue weighted by Gasteiger charge is 2.58. The zero-order valence-corrected chi connectivity index (χ0v) is 16.1. The summed E-state index contributed by atoms with van der Waals surface area (Å²) in [7, 11) is -3.27. The number of nitrogens with one attached hydrogen (secondary N) is 1. The molecule has 2 heterocycles. The number of carbonyl (C=O) groups is 1. The molecule has 1 aliphatic heterocycles. The van der Waals surface area contributed by atoms with Gasteiger partial charge >= 0.3 is 0 Å². The lowest BCUT2D eigenvalue weighted by Crippen LogP contribution is -2.42. The van der Waals surface area contributed by atoms with Crippen LogP contribution in [0.25, 0.3) is 0 Å². The van der Waals surface area contributed by atoms with Crippen LogP contribution in [0.3, 0.4) is 0 Å². The first kappa shape index (κ1) is 17.9. The molecule has 1 aromatic heterocycles. The highest BCUT2D eigenvalue weighted by Crippen LogP contribution is 2.50. The summed E-state index contributed by atoms with van der Waals surface area (Å²) < 4.78 is 32.3. The van der Waals surface area contributed by atoms with Crippen molar-refractivity contribution in [3.8, 4) is 0 Å². The fourth-order valence-corrected chi connectivity index (χ4v) is 5.56. The lowest BCUT2D eigenvalue weighted by Gasteiger charge is -2.31.